The molecule has 4 heteroatoms. The maximum atomic E-state index is 6.25. The highest BCUT2D eigenvalue weighted by molar-refractivity contribution is 7.19. The van der Waals surface area contributed by atoms with Crippen LogP contribution in [0.1, 0.15) is 16.7 Å². The Balaban J connectivity index is 2.07. The van der Waals surface area contributed by atoms with E-state index in [4.69, 9.17) is 5.73 Å². The van der Waals surface area contributed by atoms with Gasteiger partial charge in [-0.05, 0) is 17.5 Å². The van der Waals surface area contributed by atoms with Crippen molar-refractivity contribution in [1.29, 1.82) is 0 Å². The van der Waals surface area contributed by atoms with Gasteiger partial charge in [0.15, 0.2) is 0 Å². The van der Waals surface area contributed by atoms with Crippen LogP contribution in [0.25, 0.3) is 10.1 Å². The normalized spacial score (nSPS) is 13.1. The van der Waals surface area contributed by atoms with Crippen LogP contribution in [-0.2, 0) is 7.05 Å². The third-order valence-electron chi connectivity index (χ3n) is 2.89. The number of nitrogens with two attached hydrogens (primary N) is 1. The summed E-state index contributed by atoms with van der Waals surface area (Å²) in [5, 5.41) is 1.25. The summed E-state index contributed by atoms with van der Waals surface area (Å²) in [6.45, 7) is 0. The fourth-order valence-electron chi connectivity index (χ4n) is 1.96. The monoisotopic (exact) mass is 243 g/mol. The summed E-state index contributed by atoms with van der Waals surface area (Å²) in [6.07, 6.45) is 3.70. The molecule has 2 N–H and O–H groups in total. The first-order valence-corrected chi connectivity index (χ1v) is 6.28. The van der Waals surface area contributed by atoms with Gasteiger partial charge in [0.25, 0.3) is 0 Å². The van der Waals surface area contributed by atoms with E-state index in [1.807, 2.05) is 23.9 Å². The zero-order valence-electron chi connectivity index (χ0n) is 9.50. The zero-order valence-corrected chi connectivity index (χ0v) is 10.3. The molecule has 1 aromatic carbocycles. The van der Waals surface area contributed by atoms with E-state index in [9.17, 15) is 0 Å². The molecular weight excluding hydrogens is 230 g/mol. The first-order valence-electron chi connectivity index (χ1n) is 5.47. The van der Waals surface area contributed by atoms with Crippen LogP contribution in [0, 0.1) is 0 Å². The maximum Gasteiger partial charge on any atom is 0.130 e. The van der Waals surface area contributed by atoms with Gasteiger partial charge in [-0.25, -0.2) is 4.98 Å². The lowest BCUT2D eigenvalue weighted by Crippen LogP contribution is -2.15. The molecule has 0 fully saturated rings. The van der Waals surface area contributed by atoms with E-state index >= 15 is 0 Å². The van der Waals surface area contributed by atoms with E-state index in [1.54, 1.807) is 17.5 Å². The number of aromatic nitrogens is 2. The molecule has 1 unspecified atom stereocenters. The molecule has 0 aliphatic rings. The van der Waals surface area contributed by atoms with Gasteiger partial charge in [-0.2, -0.15) is 0 Å². The molecular formula is C13H13N3S. The summed E-state index contributed by atoms with van der Waals surface area (Å²) < 4.78 is 3.24. The molecule has 3 nitrogen and oxygen atoms in total. The van der Waals surface area contributed by atoms with Crippen molar-refractivity contribution in [3.05, 3.63) is 53.4 Å². The van der Waals surface area contributed by atoms with Crippen molar-refractivity contribution in [3.63, 3.8) is 0 Å². The van der Waals surface area contributed by atoms with Crippen LogP contribution in [0.4, 0.5) is 0 Å². The number of benzene rings is 1. The van der Waals surface area contributed by atoms with E-state index in [-0.39, 0.29) is 6.04 Å². The number of hydrogen-bond donors (Lipinski definition) is 1. The summed E-state index contributed by atoms with van der Waals surface area (Å²) in [5.41, 5.74) is 6.25. The Labute approximate surface area is 104 Å². The predicted molar refractivity (Wildman–Crippen MR) is 71.1 cm³/mol. The van der Waals surface area contributed by atoms with Gasteiger partial charge >= 0.3 is 0 Å². The van der Waals surface area contributed by atoms with Crippen molar-refractivity contribution in [2.45, 2.75) is 6.04 Å². The molecule has 0 radical (unpaired) electrons. The lowest BCUT2D eigenvalue weighted by atomic mass is 10.2. The highest BCUT2D eigenvalue weighted by Crippen LogP contribution is 2.30. The fourth-order valence-corrected chi connectivity index (χ4v) is 3.02. The molecule has 3 rings (SSSR count). The smallest absolute Gasteiger partial charge is 0.130 e. The molecule has 2 heterocycles. The van der Waals surface area contributed by atoms with Gasteiger partial charge in [0, 0.05) is 29.0 Å². The van der Waals surface area contributed by atoms with Gasteiger partial charge in [0.2, 0.25) is 0 Å². The Morgan fingerprint density at radius 1 is 1.35 bits per heavy atom. The molecule has 0 amide bonds. The summed E-state index contributed by atoms with van der Waals surface area (Å²) in [5.74, 6) is 0.900. The number of imidazole rings is 1. The summed E-state index contributed by atoms with van der Waals surface area (Å²) in [7, 11) is 1.97. The SMILES string of the molecule is Cn1ccnc1C(N)c1cc2ccccc2s1. The quantitative estimate of drug-likeness (QED) is 0.752. The average molecular weight is 243 g/mol. The number of hydrogen-bond acceptors (Lipinski definition) is 3. The van der Waals surface area contributed by atoms with Gasteiger partial charge < -0.3 is 10.3 Å². The van der Waals surface area contributed by atoms with Gasteiger partial charge in [0.05, 0.1) is 6.04 Å². The van der Waals surface area contributed by atoms with E-state index in [0.717, 1.165) is 10.7 Å². The fraction of sp³-hybridized carbons (Fsp3) is 0.154. The summed E-state index contributed by atoms with van der Waals surface area (Å²) >= 11 is 1.73. The van der Waals surface area contributed by atoms with Crippen LogP contribution in [0.2, 0.25) is 0 Å². The van der Waals surface area contributed by atoms with Crippen molar-refractivity contribution in [3.8, 4) is 0 Å². The third-order valence-corrected chi connectivity index (χ3v) is 4.09. The number of thiophene rings is 1. The molecule has 3 aromatic rings. The Hall–Kier alpha value is -1.65. The van der Waals surface area contributed by atoms with Gasteiger partial charge in [-0.1, -0.05) is 18.2 Å². The summed E-state index contributed by atoms with van der Waals surface area (Å²) in [4.78, 5) is 5.46. The van der Waals surface area contributed by atoms with Crippen molar-refractivity contribution >= 4 is 21.4 Å². The highest BCUT2D eigenvalue weighted by atomic mass is 32.1. The number of aryl methyl sites for hydroxylation is 1. The Kier molecular flexibility index (Phi) is 2.46. The van der Waals surface area contributed by atoms with Crippen LogP contribution >= 0.6 is 11.3 Å². The molecule has 17 heavy (non-hydrogen) atoms. The minimum Gasteiger partial charge on any atom is -0.336 e. The molecule has 0 saturated carbocycles. The average Bonchev–Trinajstić information content (AvgIpc) is 2.93. The molecule has 86 valence electrons. The topological polar surface area (TPSA) is 43.8 Å². The predicted octanol–water partition coefficient (Wildman–Crippen LogP) is 2.68. The van der Waals surface area contributed by atoms with Crippen molar-refractivity contribution < 1.29 is 0 Å². The minimum atomic E-state index is -0.146. The minimum absolute atomic E-state index is 0.146. The van der Waals surface area contributed by atoms with Crippen molar-refractivity contribution in [2.75, 3.05) is 0 Å². The first kappa shape index (κ1) is 10.5. The van der Waals surface area contributed by atoms with Crippen molar-refractivity contribution in [2.24, 2.45) is 12.8 Å². The van der Waals surface area contributed by atoms with Crippen LogP contribution in [0.3, 0.4) is 0 Å². The number of rotatable bonds is 2. The van der Waals surface area contributed by atoms with Crippen molar-refractivity contribution in [1.82, 2.24) is 9.55 Å². The van der Waals surface area contributed by atoms with Gasteiger partial charge in [-0.15, -0.1) is 11.3 Å². The Morgan fingerprint density at radius 2 is 2.18 bits per heavy atom. The van der Waals surface area contributed by atoms with Gasteiger partial charge in [0.1, 0.15) is 5.82 Å². The van der Waals surface area contributed by atoms with E-state index in [2.05, 4.69) is 29.2 Å². The Bertz CT molecular complexity index is 620. The lowest BCUT2D eigenvalue weighted by Gasteiger charge is -2.08. The highest BCUT2D eigenvalue weighted by Gasteiger charge is 2.15. The lowest BCUT2D eigenvalue weighted by molar-refractivity contribution is 0.726. The van der Waals surface area contributed by atoms with Crippen LogP contribution in [0.15, 0.2) is 42.7 Å². The second-order valence-corrected chi connectivity index (χ2v) is 5.18. The van der Waals surface area contributed by atoms with Crippen LogP contribution in [-0.4, -0.2) is 9.55 Å². The molecule has 2 aromatic heterocycles. The Morgan fingerprint density at radius 3 is 2.88 bits per heavy atom. The number of fused-ring (bicyclic) bond motifs is 1. The maximum absolute atomic E-state index is 6.25. The molecule has 0 aliphatic carbocycles. The largest absolute Gasteiger partial charge is 0.336 e. The molecule has 1 atom stereocenters. The summed E-state index contributed by atoms with van der Waals surface area (Å²) in [6, 6.07) is 10.3. The number of nitrogens with zero attached hydrogens (tertiary/aromatic N) is 2. The van der Waals surface area contributed by atoms with Crippen LogP contribution < -0.4 is 5.73 Å². The second-order valence-electron chi connectivity index (χ2n) is 4.06. The molecule has 0 spiro atoms. The second kappa shape index (κ2) is 3.98. The van der Waals surface area contributed by atoms with E-state index < -0.39 is 0 Å². The zero-order chi connectivity index (χ0) is 11.8. The van der Waals surface area contributed by atoms with Crippen LogP contribution in [0.5, 0.6) is 0 Å². The molecule has 0 bridgehead atoms. The van der Waals surface area contributed by atoms with E-state index in [0.29, 0.717) is 0 Å². The van der Waals surface area contributed by atoms with Gasteiger partial charge in [-0.3, -0.25) is 0 Å². The molecule has 0 saturated heterocycles. The first-order chi connectivity index (χ1) is 8.25. The standard InChI is InChI=1S/C13H13N3S/c1-16-7-6-15-13(16)12(14)11-8-9-4-2-3-5-10(9)17-11/h2-8,12H,14H2,1H3. The third kappa shape index (κ3) is 1.75. The molecule has 0 aliphatic heterocycles. The van der Waals surface area contributed by atoms with E-state index in [1.165, 1.54) is 10.1 Å².